The van der Waals surface area contributed by atoms with Gasteiger partial charge in [-0.3, -0.25) is 4.79 Å². The number of hydrogen-bond donors (Lipinski definition) is 4. The number of nitrogens with two attached hydrogens (primary N) is 1. The lowest BCUT2D eigenvalue weighted by molar-refractivity contribution is -0.114. The Labute approximate surface area is 203 Å². The highest BCUT2D eigenvalue weighted by Gasteiger charge is 2.54. The highest BCUT2D eigenvalue weighted by atomic mass is 32.2. The number of hydrogen-bond acceptors (Lipinski definition) is 9. The van der Waals surface area contributed by atoms with Crippen LogP contribution in [0.1, 0.15) is 27.0 Å². The molecule has 0 saturated carbocycles. The van der Waals surface area contributed by atoms with Crippen LogP contribution in [0.5, 0.6) is 23.0 Å². The normalized spacial score (nSPS) is 15.3. The first-order chi connectivity index (χ1) is 16.8. The minimum atomic E-state index is -1.41. The standard InChI is InChI=1S/C25H20N2O7S/c26-13(10-28)11-35-12-22(31)27-19-3-1-2-18-23(19)24(32)34-25(18)16-6-4-14(29)8-20(16)33-21-9-15(30)5-7-17(21)25/h1-10,13,29-30H,11-12,26H2,(H,27,31)/t13-/m1/s1. The maximum Gasteiger partial charge on any atom is 0.342 e. The van der Waals surface area contributed by atoms with E-state index < -0.39 is 17.6 Å². The average Bonchev–Trinajstić information content (AvgIpc) is 3.12. The molecular formula is C25H20N2O7S. The second-order valence-corrected chi connectivity index (χ2v) is 9.16. The van der Waals surface area contributed by atoms with Gasteiger partial charge in [-0.25, -0.2) is 4.79 Å². The Morgan fingerprint density at radius 2 is 1.71 bits per heavy atom. The molecule has 1 spiro atoms. The molecule has 0 fully saturated rings. The van der Waals surface area contributed by atoms with Crippen molar-refractivity contribution in [2.75, 3.05) is 16.8 Å². The number of aldehydes is 1. The third kappa shape index (κ3) is 3.76. The molecule has 9 nitrogen and oxygen atoms in total. The van der Waals surface area contributed by atoms with Crippen molar-refractivity contribution in [2.45, 2.75) is 11.6 Å². The Hall–Kier alpha value is -4.02. The lowest BCUT2D eigenvalue weighted by atomic mass is 9.77. The van der Waals surface area contributed by atoms with Gasteiger partial charge < -0.3 is 35.5 Å². The molecule has 0 aliphatic carbocycles. The molecule has 1 amide bonds. The SMILES string of the molecule is N[C@H](C=O)CSCC(=O)Nc1cccc2c1C(=O)OC21c2ccc(O)cc2Oc2cc(O)ccc21. The van der Waals surface area contributed by atoms with Gasteiger partial charge in [-0.2, -0.15) is 0 Å². The van der Waals surface area contributed by atoms with Crippen molar-refractivity contribution >= 4 is 35.6 Å². The number of anilines is 1. The zero-order chi connectivity index (χ0) is 24.7. The summed E-state index contributed by atoms with van der Waals surface area (Å²) in [5.74, 6) is -0.225. The lowest BCUT2D eigenvalue weighted by Gasteiger charge is -2.36. The van der Waals surface area contributed by atoms with Crippen LogP contribution in [0, 0.1) is 0 Å². The maximum absolute atomic E-state index is 13.3. The Kier molecular flexibility index (Phi) is 5.62. The fourth-order valence-corrected chi connectivity index (χ4v) is 5.09. The number of phenols is 2. The van der Waals surface area contributed by atoms with Crippen LogP contribution in [-0.4, -0.2) is 45.9 Å². The van der Waals surface area contributed by atoms with Crippen molar-refractivity contribution in [1.82, 2.24) is 0 Å². The number of carbonyl (C=O) groups excluding carboxylic acids is 3. The summed E-state index contributed by atoms with van der Waals surface area (Å²) in [6, 6.07) is 13.3. The fraction of sp³-hybridized carbons (Fsp3) is 0.160. The predicted octanol–water partition coefficient (Wildman–Crippen LogP) is 2.86. The molecule has 2 heterocycles. The minimum Gasteiger partial charge on any atom is -0.508 e. The summed E-state index contributed by atoms with van der Waals surface area (Å²) in [6.45, 7) is 0. The van der Waals surface area contributed by atoms with E-state index in [2.05, 4.69) is 5.32 Å². The van der Waals surface area contributed by atoms with E-state index in [0.29, 0.717) is 28.7 Å². The Morgan fingerprint density at radius 3 is 2.34 bits per heavy atom. The molecule has 3 aromatic rings. The highest BCUT2D eigenvalue weighted by Crippen LogP contribution is 2.57. The second-order valence-electron chi connectivity index (χ2n) is 8.13. The number of fused-ring (bicyclic) bond motifs is 6. The molecule has 1 atom stereocenters. The first kappa shape index (κ1) is 22.8. The van der Waals surface area contributed by atoms with E-state index in [-0.39, 0.29) is 45.9 Å². The molecule has 35 heavy (non-hydrogen) atoms. The Balaban J connectivity index is 1.59. The zero-order valence-electron chi connectivity index (χ0n) is 18.2. The van der Waals surface area contributed by atoms with Crippen molar-refractivity contribution < 1.29 is 34.1 Å². The van der Waals surface area contributed by atoms with Gasteiger partial charge in [0.15, 0.2) is 5.60 Å². The number of nitrogens with one attached hydrogen (secondary N) is 1. The number of esters is 1. The average molecular weight is 493 g/mol. The summed E-state index contributed by atoms with van der Waals surface area (Å²) in [5.41, 5.74) is 6.07. The third-order valence-electron chi connectivity index (χ3n) is 5.79. The summed E-state index contributed by atoms with van der Waals surface area (Å²) >= 11 is 1.20. The van der Waals surface area contributed by atoms with Crippen LogP contribution < -0.4 is 15.8 Å². The molecule has 2 aliphatic rings. The van der Waals surface area contributed by atoms with Crippen LogP contribution in [-0.2, 0) is 19.9 Å². The van der Waals surface area contributed by atoms with Gasteiger partial charge in [-0.15, -0.1) is 11.8 Å². The summed E-state index contributed by atoms with van der Waals surface area (Å²) in [4.78, 5) is 36.5. The second kappa shape index (κ2) is 8.64. The predicted molar refractivity (Wildman–Crippen MR) is 128 cm³/mol. The topological polar surface area (TPSA) is 148 Å². The molecule has 0 aromatic heterocycles. The molecule has 0 unspecified atom stereocenters. The lowest BCUT2D eigenvalue weighted by Crippen LogP contribution is -2.32. The van der Waals surface area contributed by atoms with Gasteiger partial charge in [0.2, 0.25) is 5.91 Å². The van der Waals surface area contributed by atoms with E-state index in [4.69, 9.17) is 15.2 Å². The summed E-state index contributed by atoms with van der Waals surface area (Å²) in [7, 11) is 0. The van der Waals surface area contributed by atoms with Gasteiger partial charge in [0.05, 0.1) is 23.0 Å². The fourth-order valence-electron chi connectivity index (χ4n) is 4.36. The van der Waals surface area contributed by atoms with Crippen LogP contribution in [0.2, 0.25) is 0 Å². The van der Waals surface area contributed by atoms with E-state index in [9.17, 15) is 24.6 Å². The number of carbonyl (C=O) groups is 3. The van der Waals surface area contributed by atoms with E-state index in [1.54, 1.807) is 30.3 Å². The molecule has 0 saturated heterocycles. The van der Waals surface area contributed by atoms with Crippen molar-refractivity contribution in [3.8, 4) is 23.0 Å². The van der Waals surface area contributed by atoms with Crippen LogP contribution in [0.3, 0.4) is 0 Å². The van der Waals surface area contributed by atoms with Crippen molar-refractivity contribution in [2.24, 2.45) is 5.73 Å². The van der Waals surface area contributed by atoms with Crippen LogP contribution in [0.25, 0.3) is 0 Å². The molecular weight excluding hydrogens is 472 g/mol. The Morgan fingerprint density at radius 1 is 1.06 bits per heavy atom. The number of amides is 1. The van der Waals surface area contributed by atoms with Crippen LogP contribution >= 0.6 is 11.8 Å². The number of ether oxygens (including phenoxy) is 2. The summed E-state index contributed by atoms with van der Waals surface area (Å²) in [6.07, 6.45) is 0.619. The minimum absolute atomic E-state index is 0.0418. The number of aromatic hydroxyl groups is 2. The molecule has 10 heteroatoms. The largest absolute Gasteiger partial charge is 0.508 e. The molecule has 3 aromatic carbocycles. The smallest absolute Gasteiger partial charge is 0.342 e. The molecule has 178 valence electrons. The maximum atomic E-state index is 13.3. The monoisotopic (exact) mass is 492 g/mol. The number of phenolic OH excluding ortho intramolecular Hbond substituents is 2. The molecule has 0 bridgehead atoms. The summed E-state index contributed by atoms with van der Waals surface area (Å²) < 4.78 is 12.0. The molecule has 0 radical (unpaired) electrons. The molecule has 5 rings (SSSR count). The number of thioether (sulfide) groups is 1. The van der Waals surface area contributed by atoms with Gasteiger partial charge in [0.1, 0.15) is 29.3 Å². The first-order valence-electron chi connectivity index (χ1n) is 10.6. The van der Waals surface area contributed by atoms with Crippen molar-refractivity contribution in [3.05, 3.63) is 76.9 Å². The zero-order valence-corrected chi connectivity index (χ0v) is 19.0. The van der Waals surface area contributed by atoms with Gasteiger partial charge in [0, 0.05) is 34.6 Å². The summed E-state index contributed by atoms with van der Waals surface area (Å²) in [5, 5.41) is 22.8. The number of benzene rings is 3. The van der Waals surface area contributed by atoms with E-state index >= 15 is 0 Å². The van der Waals surface area contributed by atoms with Gasteiger partial charge in [0.25, 0.3) is 0 Å². The van der Waals surface area contributed by atoms with Gasteiger partial charge >= 0.3 is 5.97 Å². The van der Waals surface area contributed by atoms with Crippen LogP contribution in [0.4, 0.5) is 5.69 Å². The molecule has 5 N–H and O–H groups in total. The van der Waals surface area contributed by atoms with E-state index in [1.165, 1.54) is 36.0 Å². The Bertz CT molecular complexity index is 1320. The third-order valence-corrected chi connectivity index (χ3v) is 6.88. The first-order valence-corrected chi connectivity index (χ1v) is 11.8. The van der Waals surface area contributed by atoms with Crippen LogP contribution in [0.15, 0.2) is 54.6 Å². The van der Waals surface area contributed by atoms with Gasteiger partial charge in [-0.05, 0) is 30.3 Å². The molecule has 2 aliphatic heterocycles. The van der Waals surface area contributed by atoms with Crippen molar-refractivity contribution in [3.63, 3.8) is 0 Å². The van der Waals surface area contributed by atoms with Gasteiger partial charge in [-0.1, -0.05) is 12.1 Å². The number of rotatable bonds is 6. The van der Waals surface area contributed by atoms with E-state index in [1.807, 2.05) is 0 Å². The van der Waals surface area contributed by atoms with Crippen molar-refractivity contribution in [1.29, 1.82) is 0 Å². The highest BCUT2D eigenvalue weighted by molar-refractivity contribution is 8.00. The quantitative estimate of drug-likeness (QED) is 0.301. The van der Waals surface area contributed by atoms with E-state index in [0.717, 1.165) is 0 Å².